The van der Waals surface area contributed by atoms with E-state index in [-0.39, 0.29) is 35.9 Å². The maximum absolute atomic E-state index is 11.8. The van der Waals surface area contributed by atoms with E-state index in [9.17, 15) is 4.79 Å². The Kier molecular flexibility index (Phi) is 10.9. The molecular formula is C20H36IN7O3. The number of nitrogens with zero attached hydrogens (tertiary/aromatic N) is 6. The number of carbonyl (C=O) groups is 1. The van der Waals surface area contributed by atoms with Gasteiger partial charge in [0.2, 0.25) is 0 Å². The van der Waals surface area contributed by atoms with Crippen molar-refractivity contribution in [2.24, 2.45) is 18.0 Å². The largest absolute Gasteiger partial charge is 0.469 e. The highest BCUT2D eigenvalue weighted by Gasteiger charge is 2.27. The van der Waals surface area contributed by atoms with Crippen LogP contribution in [0.5, 0.6) is 0 Å². The average Bonchev–Trinajstić information content (AvgIpc) is 3.11. The predicted octanol–water partition coefficient (Wildman–Crippen LogP) is 0.794. The Hall–Kier alpha value is -1.47. The molecule has 10 nitrogen and oxygen atoms in total. The maximum Gasteiger partial charge on any atom is 0.308 e. The van der Waals surface area contributed by atoms with Crippen molar-refractivity contribution < 1.29 is 14.3 Å². The van der Waals surface area contributed by atoms with Gasteiger partial charge in [0.25, 0.3) is 0 Å². The van der Waals surface area contributed by atoms with E-state index < -0.39 is 0 Å². The molecule has 2 aliphatic heterocycles. The highest BCUT2D eigenvalue weighted by atomic mass is 127. The third kappa shape index (κ3) is 7.56. The van der Waals surface area contributed by atoms with Gasteiger partial charge in [0.1, 0.15) is 12.4 Å². The highest BCUT2D eigenvalue weighted by molar-refractivity contribution is 14.0. The Labute approximate surface area is 201 Å². The number of rotatable bonds is 7. The number of morpholine rings is 1. The molecule has 3 heterocycles. The normalized spacial score (nSPS) is 18.5. The molecule has 31 heavy (non-hydrogen) atoms. The summed E-state index contributed by atoms with van der Waals surface area (Å²) in [4.78, 5) is 21.3. The van der Waals surface area contributed by atoms with Gasteiger partial charge in [-0.1, -0.05) is 0 Å². The minimum Gasteiger partial charge on any atom is -0.469 e. The number of hydrogen-bond acceptors (Lipinski definition) is 7. The fourth-order valence-electron chi connectivity index (χ4n) is 3.82. The van der Waals surface area contributed by atoms with Crippen LogP contribution < -0.4 is 5.32 Å². The first kappa shape index (κ1) is 25.8. The zero-order chi connectivity index (χ0) is 21.3. The predicted molar refractivity (Wildman–Crippen MR) is 128 cm³/mol. The van der Waals surface area contributed by atoms with Crippen molar-refractivity contribution >= 4 is 35.9 Å². The number of aromatic nitrogens is 3. The number of guanidine groups is 1. The van der Waals surface area contributed by atoms with Gasteiger partial charge >= 0.3 is 5.97 Å². The van der Waals surface area contributed by atoms with E-state index in [4.69, 9.17) is 14.5 Å². The van der Waals surface area contributed by atoms with Gasteiger partial charge in [-0.15, -0.1) is 34.2 Å². The second-order valence-electron chi connectivity index (χ2n) is 7.88. The van der Waals surface area contributed by atoms with Gasteiger partial charge in [0.15, 0.2) is 11.8 Å². The number of halogens is 1. The number of hydrogen-bond donors (Lipinski definition) is 1. The second-order valence-corrected chi connectivity index (χ2v) is 7.88. The number of piperidine rings is 1. The lowest BCUT2D eigenvalue weighted by Gasteiger charge is -2.33. The second kappa shape index (κ2) is 13.2. The lowest BCUT2D eigenvalue weighted by atomic mass is 9.97. The molecule has 0 aromatic carbocycles. The van der Waals surface area contributed by atoms with Crippen LogP contribution in [-0.2, 0) is 27.9 Å². The molecule has 0 aliphatic carbocycles. The van der Waals surface area contributed by atoms with Crippen LogP contribution in [0.2, 0.25) is 0 Å². The summed E-state index contributed by atoms with van der Waals surface area (Å²) in [6, 6.07) is 0. The van der Waals surface area contributed by atoms with Crippen LogP contribution in [-0.4, -0.2) is 96.1 Å². The SMILES string of the molecule is COC(=O)C1CCN(C(=NCc2nnc(C)n2C)NCCCN2CCOCC2)CC1.I. The van der Waals surface area contributed by atoms with Crippen LogP contribution in [0, 0.1) is 12.8 Å². The average molecular weight is 549 g/mol. The molecule has 2 aliphatic rings. The molecule has 1 aromatic heterocycles. The summed E-state index contributed by atoms with van der Waals surface area (Å²) in [7, 11) is 3.41. The molecule has 0 bridgehead atoms. The molecule has 176 valence electrons. The molecule has 3 rings (SSSR count). The van der Waals surface area contributed by atoms with Crippen LogP contribution in [0.1, 0.15) is 30.9 Å². The van der Waals surface area contributed by atoms with E-state index in [2.05, 4.69) is 25.3 Å². The molecule has 0 spiro atoms. The molecule has 2 saturated heterocycles. The third-order valence-electron chi connectivity index (χ3n) is 5.92. The van der Waals surface area contributed by atoms with Gasteiger partial charge in [0, 0.05) is 39.8 Å². The Morgan fingerprint density at radius 2 is 1.94 bits per heavy atom. The van der Waals surface area contributed by atoms with Crippen LogP contribution >= 0.6 is 24.0 Å². The smallest absolute Gasteiger partial charge is 0.308 e. The number of methoxy groups -OCH3 is 1. The minimum atomic E-state index is -0.110. The summed E-state index contributed by atoms with van der Waals surface area (Å²) < 4.78 is 12.3. The molecule has 0 saturated carbocycles. The topological polar surface area (TPSA) is 97.1 Å². The van der Waals surface area contributed by atoms with Crippen LogP contribution in [0.4, 0.5) is 0 Å². The zero-order valence-electron chi connectivity index (χ0n) is 18.9. The summed E-state index contributed by atoms with van der Waals surface area (Å²) in [5.41, 5.74) is 0. The molecule has 0 unspecified atom stereocenters. The van der Waals surface area contributed by atoms with Crippen molar-refractivity contribution in [2.45, 2.75) is 32.7 Å². The van der Waals surface area contributed by atoms with Crippen molar-refractivity contribution in [2.75, 3.05) is 59.6 Å². The van der Waals surface area contributed by atoms with E-state index in [0.717, 1.165) is 89.4 Å². The number of likely N-dealkylation sites (tertiary alicyclic amines) is 1. The lowest BCUT2D eigenvalue weighted by molar-refractivity contribution is -0.146. The van der Waals surface area contributed by atoms with Crippen molar-refractivity contribution in [3.63, 3.8) is 0 Å². The number of aliphatic imine (C=N–C) groups is 1. The Morgan fingerprint density at radius 1 is 1.23 bits per heavy atom. The number of esters is 1. The fraction of sp³-hybridized carbons (Fsp3) is 0.800. The first-order valence-electron chi connectivity index (χ1n) is 10.8. The van der Waals surface area contributed by atoms with Crippen molar-refractivity contribution in [1.82, 2.24) is 29.9 Å². The first-order chi connectivity index (χ1) is 14.6. The Morgan fingerprint density at radius 3 is 2.55 bits per heavy atom. The summed E-state index contributed by atoms with van der Waals surface area (Å²) in [6.45, 7) is 9.55. The van der Waals surface area contributed by atoms with E-state index in [0.29, 0.717) is 6.54 Å². The van der Waals surface area contributed by atoms with E-state index >= 15 is 0 Å². The molecule has 2 fully saturated rings. The molecule has 0 atom stereocenters. The highest BCUT2D eigenvalue weighted by Crippen LogP contribution is 2.18. The Bertz CT molecular complexity index is 714. The standard InChI is InChI=1S/C20H35N7O3.HI/c1-16-23-24-18(25(16)2)15-22-20(21-7-4-8-26-11-13-30-14-12-26)27-9-5-17(6-10-27)19(28)29-3;/h17H,4-15H2,1-3H3,(H,21,22);1H. The minimum absolute atomic E-state index is 0. The molecule has 11 heteroatoms. The first-order valence-corrected chi connectivity index (χ1v) is 10.8. The molecule has 0 amide bonds. The van der Waals surface area contributed by atoms with Crippen molar-refractivity contribution in [3.8, 4) is 0 Å². The van der Waals surface area contributed by atoms with Crippen molar-refractivity contribution in [3.05, 3.63) is 11.6 Å². The number of nitrogens with one attached hydrogen (secondary N) is 1. The molecular weight excluding hydrogens is 513 g/mol. The monoisotopic (exact) mass is 549 g/mol. The maximum atomic E-state index is 11.8. The van der Waals surface area contributed by atoms with Crippen LogP contribution in [0.25, 0.3) is 0 Å². The third-order valence-corrected chi connectivity index (χ3v) is 5.92. The fourth-order valence-corrected chi connectivity index (χ4v) is 3.82. The lowest BCUT2D eigenvalue weighted by Crippen LogP contribution is -2.47. The summed E-state index contributed by atoms with van der Waals surface area (Å²) in [5.74, 6) is 2.46. The number of carbonyl (C=O) groups excluding carboxylic acids is 1. The van der Waals surface area contributed by atoms with E-state index in [1.54, 1.807) is 0 Å². The summed E-state index contributed by atoms with van der Waals surface area (Å²) in [6.07, 6.45) is 2.61. The van der Waals surface area contributed by atoms with Crippen LogP contribution in [0.15, 0.2) is 4.99 Å². The van der Waals surface area contributed by atoms with Crippen molar-refractivity contribution in [1.29, 1.82) is 0 Å². The van der Waals surface area contributed by atoms with E-state index in [1.165, 1.54) is 7.11 Å². The molecule has 0 radical (unpaired) electrons. The van der Waals surface area contributed by atoms with Crippen LogP contribution in [0.3, 0.4) is 0 Å². The van der Waals surface area contributed by atoms with E-state index in [1.807, 2.05) is 18.5 Å². The molecule has 1 N–H and O–H groups in total. The quantitative estimate of drug-likeness (QED) is 0.176. The van der Waals surface area contributed by atoms with Gasteiger partial charge in [0.05, 0.1) is 26.2 Å². The summed E-state index contributed by atoms with van der Waals surface area (Å²) >= 11 is 0. The number of ether oxygens (including phenoxy) is 2. The summed E-state index contributed by atoms with van der Waals surface area (Å²) in [5, 5.41) is 11.9. The number of aryl methyl sites for hydroxylation is 1. The van der Waals surface area contributed by atoms with Gasteiger partial charge < -0.3 is 24.3 Å². The molecule has 1 aromatic rings. The van der Waals surface area contributed by atoms with Gasteiger partial charge in [-0.25, -0.2) is 4.99 Å². The van der Waals surface area contributed by atoms with Gasteiger partial charge in [-0.3, -0.25) is 9.69 Å². The van der Waals surface area contributed by atoms with Gasteiger partial charge in [-0.05, 0) is 32.7 Å². The Balaban J connectivity index is 0.00000341. The zero-order valence-corrected chi connectivity index (χ0v) is 21.2. The van der Waals surface area contributed by atoms with Gasteiger partial charge in [-0.2, -0.15) is 0 Å².